The number of hydrogen-bond acceptors (Lipinski definition) is 3. The lowest BCUT2D eigenvalue weighted by Crippen LogP contribution is -2.30. The number of rotatable bonds is 3. The number of thiophene rings is 1. The number of urea groups is 1. The average molecular weight is 333 g/mol. The Balaban J connectivity index is 1.79. The van der Waals surface area contributed by atoms with Crippen molar-refractivity contribution in [1.29, 1.82) is 0 Å². The summed E-state index contributed by atoms with van der Waals surface area (Å²) in [6.45, 7) is 2.22. The maximum Gasteiger partial charge on any atom is 0.329 e. The minimum absolute atomic E-state index is 0.225. The van der Waals surface area contributed by atoms with Crippen molar-refractivity contribution in [2.24, 2.45) is 0 Å². The van der Waals surface area contributed by atoms with E-state index in [2.05, 4.69) is 5.32 Å². The van der Waals surface area contributed by atoms with Crippen LogP contribution in [0.15, 0.2) is 42.1 Å². The van der Waals surface area contributed by atoms with Crippen molar-refractivity contribution >= 4 is 41.0 Å². The minimum atomic E-state index is -0.403. The molecule has 3 rings (SSSR count). The number of carbonyl (C=O) groups excluding carboxylic acids is 2. The normalized spacial score (nSPS) is 16.5. The van der Waals surface area contributed by atoms with E-state index in [1.54, 1.807) is 41.7 Å². The third-order valence-corrected chi connectivity index (χ3v) is 4.46. The monoisotopic (exact) mass is 332 g/mol. The van der Waals surface area contributed by atoms with Gasteiger partial charge in [0.25, 0.3) is 5.91 Å². The summed E-state index contributed by atoms with van der Waals surface area (Å²) in [6.07, 6.45) is 1.71. The van der Waals surface area contributed by atoms with Crippen LogP contribution < -0.4 is 5.32 Å². The highest BCUT2D eigenvalue weighted by Crippen LogP contribution is 2.21. The van der Waals surface area contributed by atoms with Crippen LogP contribution in [0.1, 0.15) is 15.3 Å². The molecule has 1 aromatic carbocycles. The van der Waals surface area contributed by atoms with Gasteiger partial charge in [-0.15, -0.1) is 11.3 Å². The van der Waals surface area contributed by atoms with Crippen LogP contribution in [0, 0.1) is 6.92 Å². The lowest BCUT2D eigenvalue weighted by molar-refractivity contribution is -0.123. The Morgan fingerprint density at radius 2 is 1.91 bits per heavy atom. The van der Waals surface area contributed by atoms with Crippen LogP contribution >= 0.6 is 22.9 Å². The SMILES string of the molecule is Cc1ccc(C=C2NC(=O)N(Cc3ccc(Cl)cc3)C2=O)s1. The summed E-state index contributed by atoms with van der Waals surface area (Å²) in [5.41, 5.74) is 1.15. The highest BCUT2D eigenvalue weighted by molar-refractivity contribution is 7.12. The Morgan fingerprint density at radius 1 is 1.18 bits per heavy atom. The Hall–Kier alpha value is -2.11. The van der Waals surface area contributed by atoms with Crippen molar-refractivity contribution in [3.05, 3.63) is 62.4 Å². The number of nitrogens with zero attached hydrogens (tertiary/aromatic N) is 1. The van der Waals surface area contributed by atoms with Gasteiger partial charge in [-0.05, 0) is 42.8 Å². The van der Waals surface area contributed by atoms with E-state index in [-0.39, 0.29) is 12.5 Å². The molecule has 0 atom stereocenters. The molecule has 0 saturated carbocycles. The van der Waals surface area contributed by atoms with Crippen molar-refractivity contribution in [3.8, 4) is 0 Å². The standard InChI is InChI=1S/C16H13ClN2O2S/c1-10-2-7-13(22-10)8-14-15(20)19(16(21)18-14)9-11-3-5-12(17)6-4-11/h2-8H,9H2,1H3,(H,18,21). The molecule has 1 aliphatic heterocycles. The van der Waals surface area contributed by atoms with Gasteiger partial charge in [-0.2, -0.15) is 0 Å². The molecule has 6 heteroatoms. The molecule has 0 aliphatic carbocycles. The fourth-order valence-corrected chi connectivity index (χ4v) is 3.11. The Labute approximate surface area is 137 Å². The van der Waals surface area contributed by atoms with Crippen LogP contribution in [0.4, 0.5) is 4.79 Å². The molecule has 1 aliphatic rings. The van der Waals surface area contributed by atoms with E-state index in [4.69, 9.17) is 11.6 Å². The van der Waals surface area contributed by atoms with Gasteiger partial charge >= 0.3 is 6.03 Å². The largest absolute Gasteiger partial charge is 0.329 e. The van der Waals surface area contributed by atoms with Gasteiger partial charge in [-0.1, -0.05) is 23.7 Å². The predicted octanol–water partition coefficient (Wildman–Crippen LogP) is 3.80. The van der Waals surface area contributed by atoms with E-state index >= 15 is 0 Å². The second-order valence-corrected chi connectivity index (χ2v) is 6.71. The van der Waals surface area contributed by atoms with Gasteiger partial charge in [0, 0.05) is 14.8 Å². The summed E-state index contributed by atoms with van der Waals surface area (Å²) < 4.78 is 0. The van der Waals surface area contributed by atoms with Gasteiger partial charge in [0.2, 0.25) is 0 Å². The van der Waals surface area contributed by atoms with Crippen LogP contribution in [0.2, 0.25) is 5.02 Å². The van der Waals surface area contributed by atoms with Crippen molar-refractivity contribution in [2.45, 2.75) is 13.5 Å². The summed E-state index contributed by atoms with van der Waals surface area (Å²) in [7, 11) is 0. The summed E-state index contributed by atoms with van der Waals surface area (Å²) in [5.74, 6) is -0.314. The molecule has 0 bridgehead atoms. The zero-order valence-electron chi connectivity index (χ0n) is 11.8. The van der Waals surface area contributed by atoms with Crippen molar-refractivity contribution < 1.29 is 9.59 Å². The van der Waals surface area contributed by atoms with Gasteiger partial charge in [-0.3, -0.25) is 9.69 Å². The molecule has 1 aromatic heterocycles. The van der Waals surface area contributed by atoms with E-state index in [0.29, 0.717) is 10.7 Å². The van der Waals surface area contributed by atoms with Crippen LogP contribution in [0.3, 0.4) is 0 Å². The number of halogens is 1. The zero-order valence-corrected chi connectivity index (χ0v) is 13.4. The number of hydrogen-bond donors (Lipinski definition) is 1. The summed E-state index contributed by atoms with van der Waals surface area (Å²) in [5, 5.41) is 3.24. The Morgan fingerprint density at radius 3 is 2.55 bits per heavy atom. The van der Waals surface area contributed by atoms with Crippen molar-refractivity contribution in [2.75, 3.05) is 0 Å². The number of carbonyl (C=O) groups is 2. The van der Waals surface area contributed by atoms with E-state index in [9.17, 15) is 9.59 Å². The second-order valence-electron chi connectivity index (χ2n) is 4.95. The maximum absolute atomic E-state index is 12.4. The first-order valence-electron chi connectivity index (χ1n) is 6.68. The molecule has 0 radical (unpaired) electrons. The Kier molecular flexibility index (Phi) is 4.00. The second kappa shape index (κ2) is 5.94. The molecule has 4 nitrogen and oxygen atoms in total. The molecule has 2 heterocycles. The van der Waals surface area contributed by atoms with Gasteiger partial charge in [0.1, 0.15) is 5.70 Å². The fourth-order valence-electron chi connectivity index (χ4n) is 2.16. The highest BCUT2D eigenvalue weighted by atomic mass is 35.5. The molecule has 112 valence electrons. The van der Waals surface area contributed by atoms with Crippen LogP contribution in [0.25, 0.3) is 6.08 Å². The molecular weight excluding hydrogens is 320 g/mol. The van der Waals surface area contributed by atoms with Gasteiger partial charge in [-0.25, -0.2) is 4.79 Å². The molecule has 3 amide bonds. The molecule has 2 aromatic rings. The van der Waals surface area contributed by atoms with Crippen LogP contribution in [-0.2, 0) is 11.3 Å². The van der Waals surface area contributed by atoms with E-state index in [0.717, 1.165) is 15.3 Å². The summed E-state index contributed by atoms with van der Waals surface area (Å²) >= 11 is 7.40. The first-order chi connectivity index (χ1) is 10.5. The summed E-state index contributed by atoms with van der Waals surface area (Å²) in [4.78, 5) is 27.6. The molecule has 0 unspecified atom stereocenters. The van der Waals surface area contributed by atoms with Crippen LogP contribution in [-0.4, -0.2) is 16.8 Å². The third kappa shape index (κ3) is 3.05. The number of imide groups is 1. The molecule has 22 heavy (non-hydrogen) atoms. The minimum Gasteiger partial charge on any atom is -0.303 e. The quantitative estimate of drug-likeness (QED) is 0.686. The fraction of sp³-hybridized carbons (Fsp3) is 0.125. The molecule has 1 saturated heterocycles. The molecular formula is C16H13ClN2O2S. The maximum atomic E-state index is 12.4. The number of amides is 3. The third-order valence-electron chi connectivity index (χ3n) is 3.26. The number of aryl methyl sites for hydroxylation is 1. The zero-order chi connectivity index (χ0) is 15.7. The van der Waals surface area contributed by atoms with Gasteiger partial charge in [0.05, 0.1) is 6.54 Å². The smallest absolute Gasteiger partial charge is 0.303 e. The highest BCUT2D eigenvalue weighted by Gasteiger charge is 2.33. The number of nitrogens with one attached hydrogen (secondary N) is 1. The van der Waals surface area contributed by atoms with E-state index < -0.39 is 6.03 Å². The van der Waals surface area contributed by atoms with Crippen molar-refractivity contribution in [3.63, 3.8) is 0 Å². The molecule has 0 spiro atoms. The van der Waals surface area contributed by atoms with Gasteiger partial charge < -0.3 is 5.32 Å². The van der Waals surface area contributed by atoms with Gasteiger partial charge in [0.15, 0.2) is 0 Å². The summed E-state index contributed by atoms with van der Waals surface area (Å²) in [6, 6.07) is 10.6. The Bertz CT molecular complexity index is 765. The molecule has 1 fully saturated rings. The number of benzene rings is 1. The average Bonchev–Trinajstić information content (AvgIpc) is 3.00. The van der Waals surface area contributed by atoms with E-state index in [1.165, 1.54) is 4.90 Å². The first-order valence-corrected chi connectivity index (χ1v) is 7.88. The lowest BCUT2D eigenvalue weighted by Gasteiger charge is -2.11. The van der Waals surface area contributed by atoms with Crippen molar-refractivity contribution in [1.82, 2.24) is 10.2 Å². The van der Waals surface area contributed by atoms with Crippen LogP contribution in [0.5, 0.6) is 0 Å². The molecule has 1 N–H and O–H groups in total. The lowest BCUT2D eigenvalue weighted by atomic mass is 10.2. The van der Waals surface area contributed by atoms with E-state index in [1.807, 2.05) is 19.1 Å². The topological polar surface area (TPSA) is 49.4 Å². The first kappa shape index (κ1) is 14.8. The predicted molar refractivity (Wildman–Crippen MR) is 87.6 cm³/mol.